The molecule has 2 N–H and O–H groups in total. The van der Waals surface area contributed by atoms with Gasteiger partial charge in [0.15, 0.2) is 0 Å². The molecule has 0 saturated heterocycles. The van der Waals surface area contributed by atoms with Crippen molar-refractivity contribution >= 4 is 11.4 Å². The number of benzene rings is 2. The molecule has 0 aliphatic heterocycles. The molecule has 110 valence electrons. The Hall–Kier alpha value is -2.63. The maximum atomic E-state index is 13.7. The highest BCUT2D eigenvalue weighted by atomic mass is 19.1. The number of phenols is 1. The zero-order valence-corrected chi connectivity index (χ0v) is 11.4. The molecule has 0 aromatic heterocycles. The van der Waals surface area contributed by atoms with Crippen LogP contribution in [0.1, 0.15) is 12.5 Å². The van der Waals surface area contributed by atoms with E-state index >= 15 is 0 Å². The number of phenolic OH excluding ortho intramolecular Hbond substituents is 1. The summed E-state index contributed by atoms with van der Waals surface area (Å²) in [4.78, 5) is 10.1. The number of rotatable bonds is 5. The van der Waals surface area contributed by atoms with Crippen molar-refractivity contribution in [1.82, 2.24) is 0 Å². The second-order valence-electron chi connectivity index (χ2n) is 4.84. The van der Waals surface area contributed by atoms with Gasteiger partial charge in [-0.05, 0) is 37.1 Å². The lowest BCUT2D eigenvalue weighted by Gasteiger charge is -2.16. The molecule has 0 heterocycles. The second-order valence-corrected chi connectivity index (χ2v) is 4.84. The molecule has 0 radical (unpaired) electrons. The molecule has 2 aromatic carbocycles. The standard InChI is InChI=1S/C15H15FN2O3/c1-10(8-11-2-5-13(19)6-3-11)17-15-9-12(18(20)21)4-7-14(15)16/h2-7,9-10,17,19H,8H2,1H3. The maximum Gasteiger partial charge on any atom is 0.271 e. The lowest BCUT2D eigenvalue weighted by molar-refractivity contribution is -0.384. The van der Waals surface area contributed by atoms with E-state index in [0.717, 1.165) is 17.7 Å². The van der Waals surface area contributed by atoms with Crippen LogP contribution in [0.25, 0.3) is 0 Å². The van der Waals surface area contributed by atoms with Crippen LogP contribution in [0.2, 0.25) is 0 Å². The van der Waals surface area contributed by atoms with Crippen LogP contribution in [-0.2, 0) is 6.42 Å². The van der Waals surface area contributed by atoms with Gasteiger partial charge in [-0.1, -0.05) is 12.1 Å². The molecule has 0 aliphatic carbocycles. The fourth-order valence-electron chi connectivity index (χ4n) is 2.04. The molecule has 0 aliphatic rings. The lowest BCUT2D eigenvalue weighted by Crippen LogP contribution is -2.19. The summed E-state index contributed by atoms with van der Waals surface area (Å²) < 4.78 is 13.7. The van der Waals surface area contributed by atoms with Crippen LogP contribution < -0.4 is 5.32 Å². The SMILES string of the molecule is CC(Cc1ccc(O)cc1)Nc1cc([N+](=O)[O-])ccc1F. The average molecular weight is 290 g/mol. The molecular formula is C15H15FN2O3. The van der Waals surface area contributed by atoms with Gasteiger partial charge >= 0.3 is 0 Å². The molecule has 0 spiro atoms. The van der Waals surface area contributed by atoms with Crippen LogP contribution in [0.15, 0.2) is 42.5 Å². The number of anilines is 1. The number of nitro benzene ring substituents is 1. The Morgan fingerprint density at radius 1 is 1.29 bits per heavy atom. The van der Waals surface area contributed by atoms with Crippen LogP contribution in [0.5, 0.6) is 5.75 Å². The Bertz CT molecular complexity index is 644. The Morgan fingerprint density at radius 2 is 1.95 bits per heavy atom. The van der Waals surface area contributed by atoms with Crippen molar-refractivity contribution in [2.75, 3.05) is 5.32 Å². The molecule has 0 fully saturated rings. The van der Waals surface area contributed by atoms with Crippen molar-refractivity contribution in [3.8, 4) is 5.75 Å². The summed E-state index contributed by atoms with van der Waals surface area (Å²) in [6, 6.07) is 9.98. The van der Waals surface area contributed by atoms with Crippen LogP contribution >= 0.6 is 0 Å². The molecule has 0 bridgehead atoms. The number of hydrogen-bond donors (Lipinski definition) is 2. The summed E-state index contributed by atoms with van der Waals surface area (Å²) in [5.41, 5.74) is 0.921. The number of nitro groups is 1. The van der Waals surface area contributed by atoms with Gasteiger partial charge < -0.3 is 10.4 Å². The Labute approximate surface area is 121 Å². The molecule has 1 unspecified atom stereocenters. The van der Waals surface area contributed by atoms with Gasteiger partial charge in [0, 0.05) is 18.2 Å². The first-order chi connectivity index (χ1) is 9.95. The molecule has 1 atom stereocenters. The summed E-state index contributed by atoms with van der Waals surface area (Å²) in [5.74, 6) is -0.345. The number of hydrogen-bond acceptors (Lipinski definition) is 4. The number of halogens is 1. The van der Waals surface area contributed by atoms with Crippen molar-refractivity contribution in [2.24, 2.45) is 0 Å². The smallest absolute Gasteiger partial charge is 0.271 e. The van der Waals surface area contributed by atoms with Gasteiger partial charge in [-0.15, -0.1) is 0 Å². The van der Waals surface area contributed by atoms with E-state index in [9.17, 15) is 19.6 Å². The van der Waals surface area contributed by atoms with Gasteiger partial charge in [-0.3, -0.25) is 10.1 Å². The molecule has 2 rings (SSSR count). The summed E-state index contributed by atoms with van der Waals surface area (Å²) >= 11 is 0. The molecule has 5 nitrogen and oxygen atoms in total. The van der Waals surface area contributed by atoms with E-state index in [1.165, 1.54) is 6.07 Å². The van der Waals surface area contributed by atoms with Crippen molar-refractivity contribution in [2.45, 2.75) is 19.4 Å². The molecule has 0 saturated carbocycles. The van der Waals surface area contributed by atoms with E-state index in [0.29, 0.717) is 6.42 Å². The minimum absolute atomic E-state index is 0.107. The second kappa shape index (κ2) is 6.21. The van der Waals surface area contributed by atoms with Gasteiger partial charge in [-0.25, -0.2) is 4.39 Å². The van der Waals surface area contributed by atoms with Gasteiger partial charge in [0.05, 0.1) is 10.6 Å². The maximum absolute atomic E-state index is 13.7. The first-order valence-corrected chi connectivity index (χ1v) is 6.44. The van der Waals surface area contributed by atoms with Crippen LogP contribution in [0.4, 0.5) is 15.8 Å². The van der Waals surface area contributed by atoms with Gasteiger partial charge in [0.25, 0.3) is 5.69 Å². The molecular weight excluding hydrogens is 275 g/mol. The normalized spacial score (nSPS) is 11.9. The third-order valence-electron chi connectivity index (χ3n) is 3.04. The van der Waals surface area contributed by atoms with Crippen molar-refractivity contribution in [3.63, 3.8) is 0 Å². The monoisotopic (exact) mass is 290 g/mol. The highest BCUT2D eigenvalue weighted by Crippen LogP contribution is 2.22. The topological polar surface area (TPSA) is 75.4 Å². The van der Waals surface area contributed by atoms with Crippen LogP contribution in [0.3, 0.4) is 0 Å². The number of non-ortho nitro benzene ring substituents is 1. The minimum Gasteiger partial charge on any atom is -0.508 e. The van der Waals surface area contributed by atoms with Crippen LogP contribution in [0, 0.1) is 15.9 Å². The predicted molar refractivity (Wildman–Crippen MR) is 77.9 cm³/mol. The summed E-state index contributed by atoms with van der Waals surface area (Å²) in [6.45, 7) is 1.85. The lowest BCUT2D eigenvalue weighted by atomic mass is 10.1. The predicted octanol–water partition coefficient (Wildman–Crippen LogP) is 3.48. The van der Waals surface area contributed by atoms with Crippen molar-refractivity contribution < 1.29 is 14.4 Å². The molecule has 0 amide bonds. The Balaban J connectivity index is 2.08. The average Bonchev–Trinajstić information content (AvgIpc) is 2.43. The number of nitrogens with zero attached hydrogens (tertiary/aromatic N) is 1. The fourth-order valence-corrected chi connectivity index (χ4v) is 2.04. The highest BCUT2D eigenvalue weighted by Gasteiger charge is 2.13. The third kappa shape index (κ3) is 3.92. The van der Waals surface area contributed by atoms with E-state index in [1.54, 1.807) is 24.3 Å². The number of nitrogens with one attached hydrogen (secondary N) is 1. The first kappa shape index (κ1) is 14.8. The Kier molecular flexibility index (Phi) is 4.37. The Morgan fingerprint density at radius 3 is 2.57 bits per heavy atom. The molecule has 2 aromatic rings. The van der Waals surface area contributed by atoms with Crippen LogP contribution in [-0.4, -0.2) is 16.1 Å². The van der Waals surface area contributed by atoms with E-state index in [4.69, 9.17) is 0 Å². The quantitative estimate of drug-likeness (QED) is 0.653. The largest absolute Gasteiger partial charge is 0.508 e. The summed E-state index contributed by atoms with van der Waals surface area (Å²) in [5, 5.41) is 22.8. The van der Waals surface area contributed by atoms with E-state index in [-0.39, 0.29) is 23.2 Å². The van der Waals surface area contributed by atoms with Crippen molar-refractivity contribution in [3.05, 3.63) is 64.0 Å². The number of aromatic hydroxyl groups is 1. The van der Waals surface area contributed by atoms with Crippen molar-refractivity contribution in [1.29, 1.82) is 0 Å². The zero-order chi connectivity index (χ0) is 15.4. The van der Waals surface area contributed by atoms with E-state index in [2.05, 4.69) is 5.32 Å². The highest BCUT2D eigenvalue weighted by molar-refractivity contribution is 5.53. The summed E-state index contributed by atoms with van der Waals surface area (Å²) in [6.07, 6.45) is 0.600. The van der Waals surface area contributed by atoms with Gasteiger partial charge in [-0.2, -0.15) is 0 Å². The summed E-state index contributed by atoms with van der Waals surface area (Å²) in [7, 11) is 0. The first-order valence-electron chi connectivity index (χ1n) is 6.44. The van der Waals surface area contributed by atoms with E-state index < -0.39 is 10.7 Å². The molecule has 21 heavy (non-hydrogen) atoms. The third-order valence-corrected chi connectivity index (χ3v) is 3.04. The minimum atomic E-state index is -0.560. The van der Waals surface area contributed by atoms with E-state index in [1.807, 2.05) is 6.92 Å². The fraction of sp³-hybridized carbons (Fsp3) is 0.200. The zero-order valence-electron chi connectivity index (χ0n) is 11.4. The van der Waals surface area contributed by atoms with Gasteiger partial charge in [0.2, 0.25) is 0 Å². The van der Waals surface area contributed by atoms with Gasteiger partial charge in [0.1, 0.15) is 11.6 Å². The molecule has 6 heteroatoms.